The van der Waals surface area contributed by atoms with E-state index in [1.165, 1.54) is 5.56 Å². The van der Waals surface area contributed by atoms with Crippen molar-refractivity contribution in [3.8, 4) is 0 Å². The van der Waals surface area contributed by atoms with Crippen molar-refractivity contribution in [2.45, 2.75) is 71.1 Å². The molecule has 3 rings (SSSR count). The van der Waals surface area contributed by atoms with E-state index in [9.17, 15) is 9.90 Å². The maximum absolute atomic E-state index is 11.0. The second kappa shape index (κ2) is 12.0. The molecule has 0 unspecified atom stereocenters. The number of likely N-dealkylation sites (tertiary alicyclic amines) is 1. The van der Waals surface area contributed by atoms with Gasteiger partial charge in [0.1, 0.15) is 0 Å². The van der Waals surface area contributed by atoms with Crippen LogP contribution in [0.3, 0.4) is 0 Å². The quantitative estimate of drug-likeness (QED) is 0.474. The van der Waals surface area contributed by atoms with E-state index in [1.807, 2.05) is 39.0 Å². The molecule has 2 aromatic rings. The SMILES string of the molecule is Cc1ccc([C@@H](C)OC[C@H](O)CN2CCC[C@H]2Cc2ccc(C)c(Cl)c2)c(CCC(=O)O)c1. The molecule has 0 spiro atoms. The molecule has 6 heteroatoms. The van der Waals surface area contributed by atoms with Crippen LogP contribution in [-0.4, -0.2) is 52.9 Å². The zero-order chi connectivity index (χ0) is 24.0. The van der Waals surface area contributed by atoms with Crippen molar-refractivity contribution >= 4 is 17.6 Å². The van der Waals surface area contributed by atoms with Crippen molar-refractivity contribution in [2.24, 2.45) is 0 Å². The predicted octanol–water partition coefficient (Wildman–Crippen LogP) is 5.12. The first-order chi connectivity index (χ1) is 15.7. The number of nitrogens with zero attached hydrogens (tertiary/aromatic N) is 1. The summed E-state index contributed by atoms with van der Waals surface area (Å²) in [6.45, 7) is 7.77. The molecule has 1 aliphatic heterocycles. The van der Waals surface area contributed by atoms with E-state index in [0.717, 1.165) is 53.1 Å². The fraction of sp³-hybridized carbons (Fsp3) is 0.519. The number of rotatable bonds is 11. The lowest BCUT2D eigenvalue weighted by atomic mass is 9.97. The van der Waals surface area contributed by atoms with E-state index in [-0.39, 0.29) is 19.1 Å². The normalized spacial score (nSPS) is 18.4. The van der Waals surface area contributed by atoms with E-state index in [1.54, 1.807) is 0 Å². The van der Waals surface area contributed by atoms with Crippen LogP contribution in [0.2, 0.25) is 5.02 Å². The van der Waals surface area contributed by atoms with Crippen molar-refractivity contribution in [3.63, 3.8) is 0 Å². The zero-order valence-electron chi connectivity index (χ0n) is 19.9. The summed E-state index contributed by atoms with van der Waals surface area (Å²) >= 11 is 6.30. The van der Waals surface area contributed by atoms with Crippen molar-refractivity contribution in [3.05, 3.63) is 69.2 Å². The van der Waals surface area contributed by atoms with Gasteiger partial charge in [0.05, 0.1) is 18.8 Å². The van der Waals surface area contributed by atoms with Crippen LogP contribution in [0.5, 0.6) is 0 Å². The van der Waals surface area contributed by atoms with E-state index < -0.39 is 12.1 Å². The lowest BCUT2D eigenvalue weighted by Crippen LogP contribution is -2.39. The number of benzene rings is 2. The average Bonchev–Trinajstić information content (AvgIpc) is 3.19. The topological polar surface area (TPSA) is 70.0 Å². The van der Waals surface area contributed by atoms with Gasteiger partial charge in [-0.15, -0.1) is 0 Å². The molecule has 1 fully saturated rings. The van der Waals surface area contributed by atoms with Crippen LogP contribution in [-0.2, 0) is 22.4 Å². The minimum Gasteiger partial charge on any atom is -0.481 e. The molecular weight excluding hydrogens is 438 g/mol. The summed E-state index contributed by atoms with van der Waals surface area (Å²) in [6.07, 6.45) is 2.95. The highest BCUT2D eigenvalue weighted by Crippen LogP contribution is 2.26. The van der Waals surface area contributed by atoms with Gasteiger partial charge in [0.2, 0.25) is 0 Å². The molecule has 2 aromatic carbocycles. The summed E-state index contributed by atoms with van der Waals surface area (Å²) in [5.41, 5.74) is 5.40. The molecular formula is C27H36ClNO4. The number of aliphatic carboxylic acids is 1. The first-order valence-electron chi connectivity index (χ1n) is 11.8. The minimum atomic E-state index is -0.806. The summed E-state index contributed by atoms with van der Waals surface area (Å²) in [5, 5.41) is 20.5. The number of aliphatic hydroxyl groups excluding tert-OH is 1. The summed E-state index contributed by atoms with van der Waals surface area (Å²) in [7, 11) is 0. The monoisotopic (exact) mass is 473 g/mol. The Morgan fingerprint density at radius 1 is 1.24 bits per heavy atom. The molecule has 0 aromatic heterocycles. The molecule has 0 radical (unpaired) electrons. The molecule has 0 amide bonds. The highest BCUT2D eigenvalue weighted by molar-refractivity contribution is 6.31. The van der Waals surface area contributed by atoms with E-state index in [4.69, 9.17) is 21.4 Å². The third-order valence-electron chi connectivity index (χ3n) is 6.54. The molecule has 3 atom stereocenters. The second-order valence-electron chi connectivity index (χ2n) is 9.30. The number of carbonyl (C=O) groups is 1. The lowest BCUT2D eigenvalue weighted by Gasteiger charge is -2.28. The number of carboxylic acids is 1. The molecule has 1 heterocycles. The van der Waals surface area contributed by atoms with Crippen molar-refractivity contribution < 1.29 is 19.7 Å². The first-order valence-corrected chi connectivity index (χ1v) is 12.2. The number of halogens is 1. The van der Waals surface area contributed by atoms with Gasteiger partial charge in [-0.1, -0.05) is 47.5 Å². The Hall–Kier alpha value is -1.92. The van der Waals surface area contributed by atoms with Crippen molar-refractivity contribution in [1.82, 2.24) is 4.90 Å². The third-order valence-corrected chi connectivity index (χ3v) is 6.94. The molecule has 0 bridgehead atoms. The highest BCUT2D eigenvalue weighted by Gasteiger charge is 2.27. The number of carboxylic acid groups (broad SMARTS) is 1. The number of hydrogen-bond donors (Lipinski definition) is 2. The molecule has 2 N–H and O–H groups in total. The number of ether oxygens (including phenoxy) is 1. The molecule has 5 nitrogen and oxygen atoms in total. The number of hydrogen-bond acceptors (Lipinski definition) is 4. The molecule has 180 valence electrons. The van der Waals surface area contributed by atoms with Gasteiger partial charge in [-0.2, -0.15) is 0 Å². The smallest absolute Gasteiger partial charge is 0.303 e. The Bertz CT molecular complexity index is 948. The molecule has 0 saturated carbocycles. The van der Waals surface area contributed by atoms with E-state index in [0.29, 0.717) is 19.0 Å². The Balaban J connectivity index is 1.53. The highest BCUT2D eigenvalue weighted by atomic mass is 35.5. The van der Waals surface area contributed by atoms with Crippen molar-refractivity contribution in [2.75, 3.05) is 19.7 Å². The zero-order valence-corrected chi connectivity index (χ0v) is 20.6. The fourth-order valence-corrected chi connectivity index (χ4v) is 4.86. The largest absolute Gasteiger partial charge is 0.481 e. The Morgan fingerprint density at radius 2 is 2.03 bits per heavy atom. The second-order valence-corrected chi connectivity index (χ2v) is 9.71. The maximum Gasteiger partial charge on any atom is 0.303 e. The Morgan fingerprint density at radius 3 is 2.76 bits per heavy atom. The van der Waals surface area contributed by atoms with Crippen LogP contribution in [0.1, 0.15) is 60.1 Å². The van der Waals surface area contributed by atoms with Crippen molar-refractivity contribution in [1.29, 1.82) is 0 Å². The van der Waals surface area contributed by atoms with E-state index in [2.05, 4.69) is 23.1 Å². The molecule has 1 aliphatic rings. The van der Waals surface area contributed by atoms with Gasteiger partial charge in [0.25, 0.3) is 0 Å². The summed E-state index contributed by atoms with van der Waals surface area (Å²) in [5.74, 6) is -0.806. The molecule has 33 heavy (non-hydrogen) atoms. The number of aliphatic hydroxyl groups is 1. The summed E-state index contributed by atoms with van der Waals surface area (Å²) < 4.78 is 6.03. The van der Waals surface area contributed by atoms with Crippen LogP contribution in [0.4, 0.5) is 0 Å². The van der Waals surface area contributed by atoms with Gasteiger partial charge >= 0.3 is 5.97 Å². The first kappa shape index (κ1) is 25.7. The van der Waals surface area contributed by atoms with Gasteiger partial charge in [-0.3, -0.25) is 9.69 Å². The Kier molecular flexibility index (Phi) is 9.33. The number of aryl methyl sites for hydroxylation is 3. The van der Waals surface area contributed by atoms with Gasteiger partial charge in [0, 0.05) is 24.0 Å². The molecule has 1 saturated heterocycles. The van der Waals surface area contributed by atoms with Gasteiger partial charge in [0.15, 0.2) is 0 Å². The summed E-state index contributed by atoms with van der Waals surface area (Å²) in [4.78, 5) is 13.4. The maximum atomic E-state index is 11.0. The fourth-order valence-electron chi connectivity index (χ4n) is 4.66. The standard InChI is InChI=1S/C27H36ClNO4/c1-18-6-10-25(22(13-18)9-11-27(31)32)20(3)33-17-24(30)16-29-12-4-5-23(29)14-21-8-7-19(2)26(28)15-21/h6-8,10,13,15,20,23-24,30H,4-5,9,11-12,14,16-17H2,1-3H3,(H,31,32)/t20-,23+,24-/m1/s1. The molecule has 0 aliphatic carbocycles. The lowest BCUT2D eigenvalue weighted by molar-refractivity contribution is -0.136. The third kappa shape index (κ3) is 7.54. The van der Waals surface area contributed by atoms with Crippen LogP contribution in [0, 0.1) is 13.8 Å². The van der Waals surface area contributed by atoms with Crippen LogP contribution < -0.4 is 0 Å². The Labute approximate surface area is 202 Å². The van der Waals surface area contributed by atoms with Crippen LogP contribution >= 0.6 is 11.6 Å². The summed E-state index contributed by atoms with van der Waals surface area (Å²) in [6, 6.07) is 12.7. The van der Waals surface area contributed by atoms with E-state index >= 15 is 0 Å². The van der Waals surface area contributed by atoms with Gasteiger partial charge in [-0.25, -0.2) is 0 Å². The van der Waals surface area contributed by atoms with Gasteiger partial charge in [-0.05, 0) is 81.3 Å². The number of β-amino-alcohol motifs (C(OH)–C–C–N with tert-alkyl or cyclic N) is 1. The minimum absolute atomic E-state index is 0.0916. The van der Waals surface area contributed by atoms with Crippen LogP contribution in [0.25, 0.3) is 0 Å². The average molecular weight is 474 g/mol. The predicted molar refractivity (Wildman–Crippen MR) is 132 cm³/mol. The van der Waals surface area contributed by atoms with Gasteiger partial charge < -0.3 is 14.9 Å². The van der Waals surface area contributed by atoms with Crippen LogP contribution in [0.15, 0.2) is 36.4 Å².